The number of H-pyrrole nitrogens is 1. The molecule has 0 saturated carbocycles. The zero-order chi connectivity index (χ0) is 21.8. The standard InChI is InChI=1S/C23H31N5O3/c1-4-6-18-20-21(27(3)26-18)23(29)25-22(24-20)17-14-16(7-8-19(17)31-11-5-2)15-28-9-12-30-13-10-28/h7-8,14H,4-6,9-13,15H2,1-3H3,(H,24,25,29). The van der Waals surface area contributed by atoms with E-state index in [0.29, 0.717) is 23.5 Å². The second kappa shape index (κ2) is 9.62. The Hall–Kier alpha value is -2.71. The van der Waals surface area contributed by atoms with Crippen molar-refractivity contribution in [3.8, 4) is 17.1 Å². The summed E-state index contributed by atoms with van der Waals surface area (Å²) in [5, 5.41) is 4.53. The topological polar surface area (TPSA) is 85.3 Å². The van der Waals surface area contributed by atoms with Crippen molar-refractivity contribution in [3.63, 3.8) is 0 Å². The zero-order valence-electron chi connectivity index (χ0n) is 18.6. The minimum atomic E-state index is -0.183. The third-order valence-corrected chi connectivity index (χ3v) is 5.52. The van der Waals surface area contributed by atoms with Crippen LogP contribution in [0.1, 0.15) is 37.9 Å². The quantitative estimate of drug-likeness (QED) is 0.597. The first kappa shape index (κ1) is 21.5. The molecule has 1 aliphatic heterocycles. The lowest BCUT2D eigenvalue weighted by Crippen LogP contribution is -2.35. The van der Waals surface area contributed by atoms with Crippen LogP contribution in [0.15, 0.2) is 23.0 Å². The SMILES string of the molecule is CCCOc1ccc(CN2CCOCC2)cc1-c1nc2c(CCC)nn(C)c2c(=O)[nH]1. The van der Waals surface area contributed by atoms with E-state index in [-0.39, 0.29) is 5.56 Å². The number of benzene rings is 1. The van der Waals surface area contributed by atoms with Gasteiger partial charge in [-0.2, -0.15) is 5.10 Å². The molecule has 0 spiro atoms. The Labute approximate surface area is 182 Å². The summed E-state index contributed by atoms with van der Waals surface area (Å²) in [7, 11) is 1.79. The molecule has 8 heteroatoms. The molecule has 0 bridgehead atoms. The molecule has 166 valence electrons. The molecule has 0 atom stereocenters. The van der Waals surface area contributed by atoms with Crippen molar-refractivity contribution in [1.29, 1.82) is 0 Å². The highest BCUT2D eigenvalue weighted by Gasteiger charge is 2.18. The number of hydrogen-bond donors (Lipinski definition) is 1. The van der Waals surface area contributed by atoms with Gasteiger partial charge < -0.3 is 14.5 Å². The van der Waals surface area contributed by atoms with Gasteiger partial charge in [0.15, 0.2) is 5.52 Å². The maximum absolute atomic E-state index is 12.9. The molecule has 31 heavy (non-hydrogen) atoms. The fourth-order valence-electron chi connectivity index (χ4n) is 4.00. The van der Waals surface area contributed by atoms with E-state index in [1.54, 1.807) is 11.7 Å². The number of nitrogens with one attached hydrogen (secondary N) is 1. The van der Waals surface area contributed by atoms with E-state index in [2.05, 4.69) is 41.0 Å². The first-order valence-corrected chi connectivity index (χ1v) is 11.1. The van der Waals surface area contributed by atoms with Gasteiger partial charge in [0.25, 0.3) is 5.56 Å². The zero-order valence-corrected chi connectivity index (χ0v) is 18.6. The van der Waals surface area contributed by atoms with Gasteiger partial charge in [0.1, 0.15) is 17.1 Å². The van der Waals surface area contributed by atoms with E-state index < -0.39 is 0 Å². The van der Waals surface area contributed by atoms with Crippen LogP contribution in [0.5, 0.6) is 5.75 Å². The summed E-state index contributed by atoms with van der Waals surface area (Å²) in [5.41, 5.74) is 3.81. The van der Waals surface area contributed by atoms with E-state index in [4.69, 9.17) is 14.5 Å². The number of aryl methyl sites for hydroxylation is 2. The molecule has 4 rings (SSSR count). The molecule has 8 nitrogen and oxygen atoms in total. The summed E-state index contributed by atoms with van der Waals surface area (Å²) in [6.45, 7) is 8.96. The van der Waals surface area contributed by atoms with Crippen LogP contribution in [0.4, 0.5) is 0 Å². The summed E-state index contributed by atoms with van der Waals surface area (Å²) < 4.78 is 13.1. The molecule has 3 heterocycles. The summed E-state index contributed by atoms with van der Waals surface area (Å²) in [5.74, 6) is 1.26. The normalized spacial score (nSPS) is 14.9. The molecule has 0 radical (unpaired) electrons. The van der Waals surface area contributed by atoms with Crippen LogP contribution in [0.25, 0.3) is 22.4 Å². The summed E-state index contributed by atoms with van der Waals surface area (Å²) >= 11 is 0. The fourth-order valence-corrected chi connectivity index (χ4v) is 4.00. The fraction of sp³-hybridized carbons (Fsp3) is 0.522. The van der Waals surface area contributed by atoms with Crippen molar-refractivity contribution in [1.82, 2.24) is 24.6 Å². The number of aromatic nitrogens is 4. The van der Waals surface area contributed by atoms with Crippen LogP contribution in [-0.4, -0.2) is 57.6 Å². The lowest BCUT2D eigenvalue weighted by Gasteiger charge is -2.26. The highest BCUT2D eigenvalue weighted by Crippen LogP contribution is 2.30. The maximum Gasteiger partial charge on any atom is 0.277 e. The molecule has 1 fully saturated rings. The summed E-state index contributed by atoms with van der Waals surface area (Å²) in [6.07, 6.45) is 2.63. The van der Waals surface area contributed by atoms with E-state index in [1.165, 1.54) is 0 Å². The number of rotatable bonds is 8. The molecule has 0 unspecified atom stereocenters. The van der Waals surface area contributed by atoms with Crippen LogP contribution >= 0.6 is 0 Å². The largest absolute Gasteiger partial charge is 0.493 e. The van der Waals surface area contributed by atoms with Gasteiger partial charge in [-0.05, 0) is 30.5 Å². The second-order valence-electron chi connectivity index (χ2n) is 8.00. The van der Waals surface area contributed by atoms with Crippen molar-refractivity contribution in [2.45, 2.75) is 39.7 Å². The molecule has 1 aliphatic rings. The minimum Gasteiger partial charge on any atom is -0.493 e. The lowest BCUT2D eigenvalue weighted by molar-refractivity contribution is 0.0342. The smallest absolute Gasteiger partial charge is 0.277 e. The highest BCUT2D eigenvalue weighted by atomic mass is 16.5. The Balaban J connectivity index is 1.78. The second-order valence-corrected chi connectivity index (χ2v) is 8.00. The molecule has 3 aromatic rings. The lowest BCUT2D eigenvalue weighted by atomic mass is 10.1. The van der Waals surface area contributed by atoms with E-state index >= 15 is 0 Å². The van der Waals surface area contributed by atoms with E-state index in [9.17, 15) is 4.79 Å². The molecule has 1 N–H and O–H groups in total. The predicted molar refractivity (Wildman–Crippen MR) is 120 cm³/mol. The van der Waals surface area contributed by atoms with Crippen molar-refractivity contribution < 1.29 is 9.47 Å². The van der Waals surface area contributed by atoms with Crippen LogP contribution in [0.2, 0.25) is 0 Å². The molecule has 0 aliphatic carbocycles. The van der Waals surface area contributed by atoms with Crippen LogP contribution < -0.4 is 10.3 Å². The molecular formula is C23H31N5O3. The van der Waals surface area contributed by atoms with E-state index in [0.717, 1.165) is 74.7 Å². The molecule has 2 aromatic heterocycles. The van der Waals surface area contributed by atoms with Gasteiger partial charge in [-0.3, -0.25) is 14.4 Å². The Bertz CT molecular complexity index is 1100. The minimum absolute atomic E-state index is 0.183. The Kier molecular flexibility index (Phi) is 6.67. The van der Waals surface area contributed by atoms with Crippen molar-refractivity contribution >= 4 is 11.0 Å². The van der Waals surface area contributed by atoms with Gasteiger partial charge in [0, 0.05) is 26.7 Å². The summed E-state index contributed by atoms with van der Waals surface area (Å²) in [6, 6.07) is 6.16. The first-order valence-electron chi connectivity index (χ1n) is 11.1. The van der Waals surface area contributed by atoms with Gasteiger partial charge >= 0.3 is 0 Å². The number of aromatic amines is 1. The van der Waals surface area contributed by atoms with E-state index in [1.807, 2.05) is 6.07 Å². The van der Waals surface area contributed by atoms with Crippen LogP contribution in [0, 0.1) is 0 Å². The molecular weight excluding hydrogens is 394 g/mol. The Morgan fingerprint density at radius 3 is 2.74 bits per heavy atom. The number of ether oxygens (including phenoxy) is 2. The Morgan fingerprint density at radius 1 is 1.19 bits per heavy atom. The average molecular weight is 426 g/mol. The number of morpholine rings is 1. The van der Waals surface area contributed by atoms with Crippen LogP contribution in [0.3, 0.4) is 0 Å². The highest BCUT2D eigenvalue weighted by molar-refractivity contribution is 5.79. The third kappa shape index (κ3) is 4.65. The average Bonchev–Trinajstić information content (AvgIpc) is 3.09. The third-order valence-electron chi connectivity index (χ3n) is 5.52. The maximum atomic E-state index is 12.9. The molecule has 1 aromatic carbocycles. The van der Waals surface area contributed by atoms with Crippen LogP contribution in [-0.2, 0) is 24.8 Å². The summed E-state index contributed by atoms with van der Waals surface area (Å²) in [4.78, 5) is 23.1. The van der Waals surface area contributed by atoms with Crippen molar-refractivity contribution in [2.75, 3.05) is 32.9 Å². The number of nitrogens with zero attached hydrogens (tertiary/aromatic N) is 4. The number of fused-ring (bicyclic) bond motifs is 1. The predicted octanol–water partition coefficient (Wildman–Crippen LogP) is 2.90. The van der Waals surface area contributed by atoms with Crippen molar-refractivity contribution in [3.05, 3.63) is 39.8 Å². The van der Waals surface area contributed by atoms with Gasteiger partial charge in [-0.15, -0.1) is 0 Å². The molecule has 1 saturated heterocycles. The molecule has 0 amide bonds. The van der Waals surface area contributed by atoms with Crippen molar-refractivity contribution in [2.24, 2.45) is 7.05 Å². The van der Waals surface area contributed by atoms with Gasteiger partial charge in [-0.25, -0.2) is 4.98 Å². The Morgan fingerprint density at radius 2 is 2.00 bits per heavy atom. The first-order chi connectivity index (χ1) is 15.1. The van der Waals surface area contributed by atoms with Gasteiger partial charge in [-0.1, -0.05) is 26.3 Å². The van der Waals surface area contributed by atoms with Gasteiger partial charge in [0.05, 0.1) is 31.1 Å². The van der Waals surface area contributed by atoms with Gasteiger partial charge in [0.2, 0.25) is 0 Å². The monoisotopic (exact) mass is 425 g/mol. The number of hydrogen-bond acceptors (Lipinski definition) is 6.